The van der Waals surface area contributed by atoms with Crippen molar-refractivity contribution in [2.45, 2.75) is 12.3 Å². The maximum atomic E-state index is 13.1. The molecule has 142 valence electrons. The van der Waals surface area contributed by atoms with E-state index in [0.29, 0.717) is 32.1 Å². The van der Waals surface area contributed by atoms with Gasteiger partial charge in [-0.1, -0.05) is 42.5 Å². The molecule has 1 aliphatic carbocycles. The molecular formula is C23H22N2O2S. The normalized spacial score (nSPS) is 21.7. The van der Waals surface area contributed by atoms with Gasteiger partial charge in [-0.05, 0) is 34.7 Å². The van der Waals surface area contributed by atoms with Crippen molar-refractivity contribution in [3.05, 3.63) is 70.4 Å². The van der Waals surface area contributed by atoms with Crippen LogP contribution in [0.3, 0.4) is 0 Å². The number of nitrogens with zero attached hydrogens (tertiary/aromatic N) is 2. The van der Waals surface area contributed by atoms with Crippen molar-refractivity contribution in [1.82, 2.24) is 9.80 Å². The van der Waals surface area contributed by atoms with Crippen LogP contribution in [0.2, 0.25) is 0 Å². The van der Waals surface area contributed by atoms with Gasteiger partial charge in [0.2, 0.25) is 5.91 Å². The van der Waals surface area contributed by atoms with E-state index in [9.17, 15) is 9.59 Å². The lowest BCUT2D eigenvalue weighted by atomic mass is 10.0. The van der Waals surface area contributed by atoms with Gasteiger partial charge in [-0.2, -0.15) is 0 Å². The summed E-state index contributed by atoms with van der Waals surface area (Å²) in [6, 6.07) is 18.0. The van der Waals surface area contributed by atoms with E-state index in [-0.39, 0.29) is 17.7 Å². The van der Waals surface area contributed by atoms with E-state index in [4.69, 9.17) is 0 Å². The first kappa shape index (κ1) is 17.4. The third-order valence-corrected chi connectivity index (χ3v) is 6.92. The molecule has 2 fully saturated rings. The van der Waals surface area contributed by atoms with Crippen molar-refractivity contribution >= 4 is 33.9 Å². The molecule has 0 N–H and O–H groups in total. The van der Waals surface area contributed by atoms with Crippen LogP contribution >= 0.6 is 11.3 Å². The first-order valence-corrected chi connectivity index (χ1v) is 10.7. The molecule has 3 aromatic rings. The Morgan fingerprint density at radius 2 is 1.61 bits per heavy atom. The molecule has 0 unspecified atom stereocenters. The van der Waals surface area contributed by atoms with Crippen molar-refractivity contribution < 1.29 is 9.59 Å². The van der Waals surface area contributed by atoms with Crippen molar-refractivity contribution in [1.29, 1.82) is 0 Å². The maximum absolute atomic E-state index is 13.1. The van der Waals surface area contributed by atoms with Gasteiger partial charge < -0.3 is 9.80 Å². The van der Waals surface area contributed by atoms with Gasteiger partial charge in [0.1, 0.15) is 0 Å². The van der Waals surface area contributed by atoms with Crippen molar-refractivity contribution in [3.63, 3.8) is 0 Å². The summed E-state index contributed by atoms with van der Waals surface area (Å²) >= 11 is 1.74. The van der Waals surface area contributed by atoms with E-state index in [0.717, 1.165) is 22.8 Å². The van der Waals surface area contributed by atoms with Crippen LogP contribution in [0.25, 0.3) is 10.8 Å². The zero-order valence-corrected chi connectivity index (χ0v) is 16.4. The quantitative estimate of drug-likeness (QED) is 0.678. The number of hydrogen-bond donors (Lipinski definition) is 0. The number of hydrogen-bond acceptors (Lipinski definition) is 3. The number of carbonyl (C=O) groups excluding carboxylic acids is 2. The average molecular weight is 391 g/mol. The minimum absolute atomic E-state index is 0.0618. The number of fused-ring (bicyclic) bond motifs is 1. The molecule has 2 heterocycles. The number of carbonyl (C=O) groups is 2. The molecule has 0 bridgehead atoms. The largest absolute Gasteiger partial charge is 0.339 e. The number of piperazine rings is 1. The Morgan fingerprint density at radius 3 is 2.39 bits per heavy atom. The van der Waals surface area contributed by atoms with Gasteiger partial charge in [-0.3, -0.25) is 9.59 Å². The average Bonchev–Trinajstić information content (AvgIpc) is 3.36. The van der Waals surface area contributed by atoms with Gasteiger partial charge in [0.15, 0.2) is 0 Å². The maximum Gasteiger partial charge on any atom is 0.254 e. The predicted octanol–water partition coefficient (Wildman–Crippen LogP) is 3.99. The fraction of sp³-hybridized carbons (Fsp3) is 0.304. The number of thiophene rings is 1. The summed E-state index contributed by atoms with van der Waals surface area (Å²) in [5.41, 5.74) is 0.748. The second-order valence-corrected chi connectivity index (χ2v) is 8.59. The molecule has 5 rings (SSSR count). The molecule has 2 amide bonds. The minimum atomic E-state index is 0.0618. The summed E-state index contributed by atoms with van der Waals surface area (Å²) in [5.74, 6) is 0.865. The van der Waals surface area contributed by atoms with Gasteiger partial charge in [0.05, 0.1) is 0 Å². The van der Waals surface area contributed by atoms with Crippen molar-refractivity contribution in [2.24, 2.45) is 5.92 Å². The van der Waals surface area contributed by atoms with E-state index in [1.165, 1.54) is 4.88 Å². The molecule has 1 aromatic heterocycles. The highest BCUT2D eigenvalue weighted by atomic mass is 32.1. The zero-order chi connectivity index (χ0) is 19.1. The van der Waals surface area contributed by atoms with Crippen molar-refractivity contribution in [3.8, 4) is 0 Å². The predicted molar refractivity (Wildman–Crippen MR) is 112 cm³/mol. The number of rotatable bonds is 3. The molecule has 5 heteroatoms. The highest BCUT2D eigenvalue weighted by Crippen LogP contribution is 2.50. The Labute approximate surface area is 168 Å². The number of amides is 2. The Bertz CT molecular complexity index is 1020. The van der Waals surface area contributed by atoms with Gasteiger partial charge in [0, 0.05) is 48.5 Å². The van der Waals surface area contributed by atoms with Crippen LogP contribution in [-0.4, -0.2) is 47.8 Å². The van der Waals surface area contributed by atoms with Crippen LogP contribution < -0.4 is 0 Å². The van der Waals surface area contributed by atoms with Crippen LogP contribution in [0.1, 0.15) is 27.6 Å². The van der Waals surface area contributed by atoms with E-state index < -0.39 is 0 Å². The molecule has 1 saturated carbocycles. The SMILES string of the molecule is O=C(c1cccc2ccccc12)N1CCN(C(=O)[C@@H]2C[C@@H]2c2cccs2)CC1. The summed E-state index contributed by atoms with van der Waals surface area (Å²) in [6.07, 6.45) is 0.967. The van der Waals surface area contributed by atoms with Gasteiger partial charge in [-0.25, -0.2) is 0 Å². The summed E-state index contributed by atoms with van der Waals surface area (Å²) in [4.78, 5) is 31.0. The van der Waals surface area contributed by atoms with Crippen LogP contribution in [0, 0.1) is 5.92 Å². The first-order chi connectivity index (χ1) is 13.7. The Balaban J connectivity index is 1.23. The lowest BCUT2D eigenvalue weighted by molar-refractivity contribution is -0.134. The molecule has 2 atom stereocenters. The third kappa shape index (κ3) is 3.10. The summed E-state index contributed by atoms with van der Waals surface area (Å²) in [6.45, 7) is 2.46. The van der Waals surface area contributed by atoms with E-state index in [2.05, 4.69) is 17.5 Å². The molecule has 2 aromatic carbocycles. The molecule has 0 radical (unpaired) electrons. The van der Waals surface area contributed by atoms with E-state index in [1.54, 1.807) is 11.3 Å². The Hall–Kier alpha value is -2.66. The topological polar surface area (TPSA) is 40.6 Å². The van der Waals surface area contributed by atoms with Gasteiger partial charge in [-0.15, -0.1) is 11.3 Å². The Morgan fingerprint density at radius 1 is 0.857 bits per heavy atom. The van der Waals surface area contributed by atoms with E-state index >= 15 is 0 Å². The minimum Gasteiger partial charge on any atom is -0.339 e. The molecule has 2 aliphatic rings. The van der Waals surface area contributed by atoms with Gasteiger partial charge in [0.25, 0.3) is 5.91 Å². The summed E-state index contributed by atoms with van der Waals surface area (Å²) in [5, 5.41) is 4.15. The fourth-order valence-electron chi connectivity index (χ4n) is 4.23. The lowest BCUT2D eigenvalue weighted by Crippen LogP contribution is -2.51. The standard InChI is InChI=1S/C23H22N2O2S/c26-22(18-8-3-6-16-5-1-2-7-17(16)18)24-10-12-25(13-11-24)23(27)20-15-19(20)21-9-4-14-28-21/h1-9,14,19-20H,10-13,15H2/t19-,20+/m0/s1. The number of benzene rings is 2. The second-order valence-electron chi connectivity index (χ2n) is 7.61. The van der Waals surface area contributed by atoms with Crippen molar-refractivity contribution in [2.75, 3.05) is 26.2 Å². The molecule has 1 aliphatic heterocycles. The highest BCUT2D eigenvalue weighted by Gasteiger charge is 2.46. The van der Waals surface area contributed by atoms with Crippen LogP contribution in [0.4, 0.5) is 0 Å². The lowest BCUT2D eigenvalue weighted by Gasteiger charge is -2.35. The molecule has 4 nitrogen and oxygen atoms in total. The highest BCUT2D eigenvalue weighted by molar-refractivity contribution is 7.10. The Kier molecular flexibility index (Phi) is 4.40. The first-order valence-electron chi connectivity index (χ1n) is 9.81. The van der Waals surface area contributed by atoms with Crippen LogP contribution in [-0.2, 0) is 4.79 Å². The smallest absolute Gasteiger partial charge is 0.254 e. The molecule has 1 saturated heterocycles. The summed E-state index contributed by atoms with van der Waals surface area (Å²) in [7, 11) is 0. The summed E-state index contributed by atoms with van der Waals surface area (Å²) < 4.78 is 0. The van der Waals surface area contributed by atoms with E-state index in [1.807, 2.05) is 52.3 Å². The fourth-order valence-corrected chi connectivity index (χ4v) is 5.14. The third-order valence-electron chi connectivity index (χ3n) is 5.91. The second kappa shape index (κ2) is 7.06. The van der Waals surface area contributed by atoms with Crippen LogP contribution in [0.15, 0.2) is 60.0 Å². The molecular weight excluding hydrogens is 368 g/mol. The molecule has 0 spiro atoms. The monoisotopic (exact) mass is 390 g/mol. The molecule has 28 heavy (non-hydrogen) atoms. The van der Waals surface area contributed by atoms with Gasteiger partial charge >= 0.3 is 0 Å². The zero-order valence-electron chi connectivity index (χ0n) is 15.6. The van der Waals surface area contributed by atoms with Crippen LogP contribution in [0.5, 0.6) is 0 Å².